The van der Waals surface area contributed by atoms with Crippen molar-refractivity contribution in [3.63, 3.8) is 0 Å². The molecule has 2 aromatic rings. The van der Waals surface area contributed by atoms with Gasteiger partial charge in [0.05, 0.1) is 17.4 Å². The van der Waals surface area contributed by atoms with Crippen molar-refractivity contribution in [3.8, 4) is 0 Å². The second-order valence-electron chi connectivity index (χ2n) is 4.01. The lowest BCUT2D eigenvalue weighted by atomic mass is 10.1. The summed E-state index contributed by atoms with van der Waals surface area (Å²) in [6.45, 7) is 6.05. The number of hydrogen-bond acceptors (Lipinski definition) is 5. The molecule has 0 aromatic carbocycles. The van der Waals surface area contributed by atoms with E-state index in [0.29, 0.717) is 0 Å². The standard InChI is InChI=1S/C11H16N6/c1-7-10(13-5-4-12-7)8(2)16-9(3)11-14-6-15-17-11/h4-6,8-9,16H,1-3H3,(H,14,15,17). The van der Waals surface area contributed by atoms with E-state index in [1.807, 2.05) is 13.8 Å². The van der Waals surface area contributed by atoms with E-state index in [1.54, 1.807) is 12.4 Å². The van der Waals surface area contributed by atoms with Crippen LogP contribution in [0.1, 0.15) is 43.1 Å². The molecule has 6 heteroatoms. The first-order valence-electron chi connectivity index (χ1n) is 5.57. The summed E-state index contributed by atoms with van der Waals surface area (Å²) in [5.41, 5.74) is 1.90. The third kappa shape index (κ3) is 2.65. The minimum absolute atomic E-state index is 0.0916. The van der Waals surface area contributed by atoms with Crippen molar-refractivity contribution in [1.29, 1.82) is 0 Å². The largest absolute Gasteiger partial charge is 0.299 e. The summed E-state index contributed by atoms with van der Waals surface area (Å²) in [4.78, 5) is 12.7. The van der Waals surface area contributed by atoms with Gasteiger partial charge in [-0.3, -0.25) is 20.4 Å². The molecule has 0 bridgehead atoms. The molecule has 0 saturated carbocycles. The third-order valence-corrected chi connectivity index (χ3v) is 2.67. The molecule has 0 fully saturated rings. The van der Waals surface area contributed by atoms with Crippen molar-refractivity contribution in [2.45, 2.75) is 32.9 Å². The molecule has 2 atom stereocenters. The molecule has 0 spiro atoms. The van der Waals surface area contributed by atoms with E-state index >= 15 is 0 Å². The number of aryl methyl sites for hydroxylation is 1. The molecule has 2 heterocycles. The Morgan fingerprint density at radius 3 is 2.53 bits per heavy atom. The van der Waals surface area contributed by atoms with Crippen molar-refractivity contribution in [3.05, 3.63) is 35.9 Å². The number of H-pyrrole nitrogens is 1. The van der Waals surface area contributed by atoms with Crippen LogP contribution < -0.4 is 5.32 Å². The number of nitrogens with one attached hydrogen (secondary N) is 2. The lowest BCUT2D eigenvalue weighted by Gasteiger charge is -2.18. The molecule has 0 aliphatic heterocycles. The zero-order chi connectivity index (χ0) is 12.3. The number of aromatic nitrogens is 5. The van der Waals surface area contributed by atoms with Crippen LogP contribution in [-0.2, 0) is 0 Å². The highest BCUT2D eigenvalue weighted by molar-refractivity contribution is 5.13. The van der Waals surface area contributed by atoms with Gasteiger partial charge < -0.3 is 0 Å². The molecule has 0 aliphatic rings. The molecule has 0 amide bonds. The van der Waals surface area contributed by atoms with E-state index in [1.165, 1.54) is 6.33 Å². The van der Waals surface area contributed by atoms with Crippen LogP contribution in [0.4, 0.5) is 0 Å². The summed E-state index contributed by atoms with van der Waals surface area (Å²) < 4.78 is 0. The highest BCUT2D eigenvalue weighted by Gasteiger charge is 2.15. The van der Waals surface area contributed by atoms with Gasteiger partial charge >= 0.3 is 0 Å². The van der Waals surface area contributed by atoms with E-state index in [-0.39, 0.29) is 12.1 Å². The molecule has 2 aromatic heterocycles. The average Bonchev–Trinajstić information content (AvgIpc) is 2.82. The maximum Gasteiger partial charge on any atom is 0.141 e. The van der Waals surface area contributed by atoms with E-state index in [0.717, 1.165) is 17.2 Å². The molecule has 6 nitrogen and oxygen atoms in total. The van der Waals surface area contributed by atoms with Crippen LogP contribution in [0.3, 0.4) is 0 Å². The van der Waals surface area contributed by atoms with E-state index in [2.05, 4.69) is 37.4 Å². The Morgan fingerprint density at radius 2 is 1.88 bits per heavy atom. The Balaban J connectivity index is 2.07. The zero-order valence-corrected chi connectivity index (χ0v) is 10.2. The Bertz CT molecular complexity index is 467. The van der Waals surface area contributed by atoms with Gasteiger partial charge in [-0.1, -0.05) is 0 Å². The van der Waals surface area contributed by atoms with Crippen molar-refractivity contribution in [2.75, 3.05) is 0 Å². The van der Waals surface area contributed by atoms with Gasteiger partial charge in [-0.2, -0.15) is 5.10 Å². The van der Waals surface area contributed by atoms with Crippen molar-refractivity contribution >= 4 is 0 Å². The first-order chi connectivity index (χ1) is 8.18. The van der Waals surface area contributed by atoms with E-state index in [4.69, 9.17) is 0 Å². The van der Waals surface area contributed by atoms with Gasteiger partial charge in [-0.15, -0.1) is 0 Å². The fourth-order valence-electron chi connectivity index (χ4n) is 1.80. The summed E-state index contributed by atoms with van der Waals surface area (Å²) >= 11 is 0. The summed E-state index contributed by atoms with van der Waals surface area (Å²) in [6, 6.07) is 0.206. The molecule has 0 radical (unpaired) electrons. The van der Waals surface area contributed by atoms with E-state index in [9.17, 15) is 0 Å². The molecule has 90 valence electrons. The quantitative estimate of drug-likeness (QED) is 0.831. The second-order valence-corrected chi connectivity index (χ2v) is 4.01. The maximum atomic E-state index is 4.34. The van der Waals surface area contributed by atoms with Gasteiger partial charge in [0.2, 0.25) is 0 Å². The van der Waals surface area contributed by atoms with Crippen molar-refractivity contribution in [2.24, 2.45) is 0 Å². The first kappa shape index (κ1) is 11.7. The predicted octanol–water partition coefficient (Wildman–Crippen LogP) is 1.31. The SMILES string of the molecule is Cc1nccnc1C(C)NC(C)c1ncn[nH]1. The normalized spacial score (nSPS) is 14.5. The number of hydrogen-bond donors (Lipinski definition) is 2. The number of aromatic amines is 1. The van der Waals surface area contributed by atoms with Gasteiger partial charge in [0.25, 0.3) is 0 Å². The summed E-state index contributed by atoms with van der Waals surface area (Å²) in [6.07, 6.45) is 4.91. The Morgan fingerprint density at radius 1 is 1.12 bits per heavy atom. The van der Waals surface area contributed by atoms with Gasteiger partial charge in [0, 0.05) is 18.4 Å². The monoisotopic (exact) mass is 232 g/mol. The fourth-order valence-corrected chi connectivity index (χ4v) is 1.80. The van der Waals surface area contributed by atoms with Crippen molar-refractivity contribution in [1.82, 2.24) is 30.5 Å². The van der Waals surface area contributed by atoms with Gasteiger partial charge in [-0.25, -0.2) is 4.98 Å². The smallest absolute Gasteiger partial charge is 0.141 e. The minimum Gasteiger partial charge on any atom is -0.299 e. The molecule has 2 N–H and O–H groups in total. The van der Waals surface area contributed by atoms with Crippen LogP contribution >= 0.6 is 0 Å². The maximum absolute atomic E-state index is 4.34. The van der Waals surface area contributed by atoms with Crippen LogP contribution in [0, 0.1) is 6.92 Å². The summed E-state index contributed by atoms with van der Waals surface area (Å²) in [5.74, 6) is 0.818. The minimum atomic E-state index is 0.0916. The van der Waals surface area contributed by atoms with Gasteiger partial charge in [-0.05, 0) is 20.8 Å². The third-order valence-electron chi connectivity index (χ3n) is 2.67. The topological polar surface area (TPSA) is 79.4 Å². The lowest BCUT2D eigenvalue weighted by Crippen LogP contribution is -2.25. The van der Waals surface area contributed by atoms with Crippen LogP contribution in [0.25, 0.3) is 0 Å². The van der Waals surface area contributed by atoms with Crippen LogP contribution in [0.2, 0.25) is 0 Å². The highest BCUT2D eigenvalue weighted by atomic mass is 15.2. The Kier molecular flexibility index (Phi) is 3.43. The zero-order valence-electron chi connectivity index (χ0n) is 10.2. The first-order valence-corrected chi connectivity index (χ1v) is 5.57. The molecular weight excluding hydrogens is 216 g/mol. The van der Waals surface area contributed by atoms with Gasteiger partial charge in [0.1, 0.15) is 12.2 Å². The molecule has 0 saturated heterocycles. The number of nitrogens with zero attached hydrogens (tertiary/aromatic N) is 4. The Hall–Kier alpha value is -1.82. The molecule has 2 rings (SSSR count). The number of rotatable bonds is 4. The second kappa shape index (κ2) is 5.01. The van der Waals surface area contributed by atoms with Gasteiger partial charge in [0.15, 0.2) is 0 Å². The van der Waals surface area contributed by atoms with Crippen molar-refractivity contribution < 1.29 is 0 Å². The summed E-state index contributed by atoms with van der Waals surface area (Å²) in [5, 5.41) is 10.1. The van der Waals surface area contributed by atoms with Crippen LogP contribution in [0.15, 0.2) is 18.7 Å². The fraction of sp³-hybridized carbons (Fsp3) is 0.455. The van der Waals surface area contributed by atoms with Crippen LogP contribution in [-0.4, -0.2) is 25.1 Å². The summed E-state index contributed by atoms with van der Waals surface area (Å²) in [7, 11) is 0. The molecular formula is C11H16N6. The lowest BCUT2D eigenvalue weighted by molar-refractivity contribution is 0.467. The predicted molar refractivity (Wildman–Crippen MR) is 63.1 cm³/mol. The molecule has 17 heavy (non-hydrogen) atoms. The molecule has 2 unspecified atom stereocenters. The average molecular weight is 232 g/mol. The van der Waals surface area contributed by atoms with Crippen LogP contribution in [0.5, 0.6) is 0 Å². The highest BCUT2D eigenvalue weighted by Crippen LogP contribution is 2.16. The molecule has 0 aliphatic carbocycles. The van der Waals surface area contributed by atoms with E-state index < -0.39 is 0 Å². The Labute approximate surface area is 99.9 Å².